The number of rotatable bonds is 11. The Bertz CT molecular complexity index is 1750. The van der Waals surface area contributed by atoms with E-state index in [1.54, 1.807) is 42.5 Å². The quantitative estimate of drug-likeness (QED) is 0.207. The third kappa shape index (κ3) is 8.03. The third-order valence-electron chi connectivity index (χ3n) is 7.27. The van der Waals surface area contributed by atoms with E-state index in [4.69, 9.17) is 11.6 Å². The van der Waals surface area contributed by atoms with Gasteiger partial charge in [0.25, 0.3) is 10.0 Å². The van der Waals surface area contributed by atoms with Crippen molar-refractivity contribution in [2.24, 2.45) is 0 Å². The molecule has 0 unspecified atom stereocenters. The Morgan fingerprint density at radius 1 is 0.889 bits per heavy atom. The number of hydrogen-bond donors (Lipinski definition) is 1. The Balaban J connectivity index is 1.85. The lowest BCUT2D eigenvalue weighted by molar-refractivity contribution is -0.139. The van der Waals surface area contributed by atoms with Crippen molar-refractivity contribution in [2.75, 3.05) is 17.9 Å². The molecule has 0 spiro atoms. The molecule has 1 N–H and O–H groups in total. The summed E-state index contributed by atoms with van der Waals surface area (Å²) in [5, 5.41) is 1.96. The summed E-state index contributed by atoms with van der Waals surface area (Å²) in [5.74, 6) is -1.30. The minimum Gasteiger partial charge on any atom is -0.357 e. The SMILES string of the molecule is CNC(=O)[C@H](Cc1ccccc1)N(Cc1ccccc1C)C(=O)CN(c1ccc(Cl)c(C(F)(F)F)c1)S(=O)(=O)c1ccccc1. The van der Waals surface area contributed by atoms with Gasteiger partial charge in [-0.3, -0.25) is 13.9 Å². The second kappa shape index (κ2) is 14.2. The molecule has 0 saturated heterocycles. The number of halogens is 4. The first kappa shape index (κ1) is 33.5. The van der Waals surface area contributed by atoms with Gasteiger partial charge in [0, 0.05) is 20.0 Å². The molecule has 0 aliphatic heterocycles. The smallest absolute Gasteiger partial charge is 0.357 e. The number of carbonyl (C=O) groups is 2. The van der Waals surface area contributed by atoms with Gasteiger partial charge in [-0.1, -0.05) is 84.4 Å². The van der Waals surface area contributed by atoms with E-state index >= 15 is 0 Å². The average Bonchev–Trinajstić information content (AvgIpc) is 3.02. The van der Waals surface area contributed by atoms with E-state index in [0.29, 0.717) is 15.9 Å². The third-order valence-corrected chi connectivity index (χ3v) is 9.39. The fourth-order valence-electron chi connectivity index (χ4n) is 4.83. The zero-order valence-corrected chi connectivity index (χ0v) is 26.0. The normalized spacial score (nSPS) is 12.3. The predicted molar refractivity (Wildman–Crippen MR) is 167 cm³/mol. The van der Waals surface area contributed by atoms with Crippen LogP contribution in [0, 0.1) is 6.92 Å². The second-order valence-electron chi connectivity index (χ2n) is 10.3. The summed E-state index contributed by atoms with van der Waals surface area (Å²) in [7, 11) is -3.15. The lowest BCUT2D eigenvalue weighted by Crippen LogP contribution is -2.53. The van der Waals surface area contributed by atoms with Gasteiger partial charge in [-0.2, -0.15) is 13.2 Å². The summed E-state index contributed by atoms with van der Waals surface area (Å²) in [4.78, 5) is 28.7. The van der Waals surface area contributed by atoms with Crippen LogP contribution in [0.2, 0.25) is 5.02 Å². The molecule has 12 heteroatoms. The van der Waals surface area contributed by atoms with Crippen LogP contribution < -0.4 is 9.62 Å². The van der Waals surface area contributed by atoms with Crippen molar-refractivity contribution in [1.29, 1.82) is 0 Å². The van der Waals surface area contributed by atoms with E-state index < -0.39 is 56.9 Å². The van der Waals surface area contributed by atoms with Gasteiger partial charge in [0.2, 0.25) is 11.8 Å². The van der Waals surface area contributed by atoms with Crippen molar-refractivity contribution in [3.8, 4) is 0 Å². The molecule has 0 fully saturated rings. The first-order valence-electron chi connectivity index (χ1n) is 13.9. The number of anilines is 1. The maximum Gasteiger partial charge on any atom is 0.417 e. The first-order chi connectivity index (χ1) is 21.3. The standard InChI is InChI=1S/C33H31ClF3N3O4S/c1-23-11-9-10-14-25(23)21-39(30(32(42)38-2)19-24-12-5-3-6-13-24)31(41)22-40(45(43,44)27-15-7-4-8-16-27)26-17-18-29(34)28(20-26)33(35,36)37/h3-18,20,30H,19,21-22H2,1-2H3,(H,38,42)/t30-/m0/s1. The monoisotopic (exact) mass is 657 g/mol. The zero-order chi connectivity index (χ0) is 32.8. The molecular formula is C33H31ClF3N3O4S. The van der Waals surface area contributed by atoms with Gasteiger partial charge >= 0.3 is 6.18 Å². The van der Waals surface area contributed by atoms with E-state index in [-0.39, 0.29) is 17.9 Å². The van der Waals surface area contributed by atoms with E-state index in [1.807, 2.05) is 25.1 Å². The van der Waals surface area contributed by atoms with Crippen LogP contribution in [0.1, 0.15) is 22.3 Å². The van der Waals surface area contributed by atoms with Gasteiger partial charge in [-0.15, -0.1) is 0 Å². The Labute approximate surface area is 265 Å². The Kier molecular flexibility index (Phi) is 10.6. The number of alkyl halides is 3. The number of benzene rings is 4. The Hall–Kier alpha value is -4.35. The van der Waals surface area contributed by atoms with E-state index in [9.17, 15) is 31.2 Å². The summed E-state index contributed by atoms with van der Waals surface area (Å²) < 4.78 is 70.1. The van der Waals surface area contributed by atoms with E-state index in [1.165, 1.54) is 36.2 Å². The number of carbonyl (C=O) groups excluding carboxylic acids is 2. The van der Waals surface area contributed by atoms with Crippen LogP contribution in [0.25, 0.3) is 0 Å². The molecular weight excluding hydrogens is 627 g/mol. The number of nitrogens with one attached hydrogen (secondary N) is 1. The summed E-state index contributed by atoms with van der Waals surface area (Å²) >= 11 is 5.84. The molecule has 4 aromatic carbocycles. The molecule has 0 heterocycles. The highest BCUT2D eigenvalue weighted by Crippen LogP contribution is 2.38. The molecule has 45 heavy (non-hydrogen) atoms. The average molecular weight is 658 g/mol. The molecule has 4 rings (SSSR count). The first-order valence-corrected chi connectivity index (χ1v) is 15.7. The number of amides is 2. The summed E-state index contributed by atoms with van der Waals surface area (Å²) in [6.07, 6.45) is -4.79. The van der Waals surface area contributed by atoms with Crippen molar-refractivity contribution < 1.29 is 31.2 Å². The van der Waals surface area contributed by atoms with Crippen molar-refractivity contribution >= 4 is 39.1 Å². The molecule has 0 radical (unpaired) electrons. The van der Waals surface area contributed by atoms with Crippen LogP contribution in [-0.4, -0.2) is 44.8 Å². The molecule has 0 aromatic heterocycles. The molecule has 0 aliphatic carbocycles. The maximum absolute atomic E-state index is 14.3. The highest BCUT2D eigenvalue weighted by molar-refractivity contribution is 7.92. The van der Waals surface area contributed by atoms with Crippen molar-refractivity contribution in [2.45, 2.75) is 37.0 Å². The molecule has 4 aromatic rings. The van der Waals surface area contributed by atoms with Gasteiger partial charge in [-0.25, -0.2) is 8.42 Å². The van der Waals surface area contributed by atoms with Crippen LogP contribution in [0.15, 0.2) is 108 Å². The van der Waals surface area contributed by atoms with Crippen molar-refractivity contribution in [3.63, 3.8) is 0 Å². The minimum absolute atomic E-state index is 0.0654. The van der Waals surface area contributed by atoms with Crippen LogP contribution in [-0.2, 0) is 38.8 Å². The van der Waals surface area contributed by atoms with Gasteiger partial charge in [0.05, 0.1) is 21.2 Å². The minimum atomic E-state index is -4.89. The van der Waals surface area contributed by atoms with Crippen LogP contribution in [0.3, 0.4) is 0 Å². The van der Waals surface area contributed by atoms with Crippen molar-refractivity contribution in [1.82, 2.24) is 10.2 Å². The maximum atomic E-state index is 14.3. The zero-order valence-electron chi connectivity index (χ0n) is 24.5. The van der Waals surface area contributed by atoms with Crippen molar-refractivity contribution in [3.05, 3.63) is 130 Å². The number of aryl methyl sites for hydroxylation is 1. The largest absolute Gasteiger partial charge is 0.417 e. The number of sulfonamides is 1. The lowest BCUT2D eigenvalue weighted by atomic mass is 10.0. The molecule has 0 aliphatic rings. The Morgan fingerprint density at radius 3 is 2.09 bits per heavy atom. The number of nitrogens with zero attached hydrogens (tertiary/aromatic N) is 2. The fraction of sp³-hybridized carbons (Fsp3) is 0.212. The van der Waals surface area contributed by atoms with Gasteiger partial charge in [0.1, 0.15) is 12.6 Å². The topological polar surface area (TPSA) is 86.8 Å². The second-order valence-corrected chi connectivity index (χ2v) is 12.5. The molecule has 236 valence electrons. The Morgan fingerprint density at radius 2 is 1.49 bits per heavy atom. The number of likely N-dealkylation sites (N-methyl/N-ethyl adjacent to an activating group) is 1. The molecule has 0 bridgehead atoms. The van der Waals surface area contributed by atoms with Gasteiger partial charge in [0.15, 0.2) is 0 Å². The fourth-order valence-corrected chi connectivity index (χ4v) is 6.48. The molecule has 2 amide bonds. The van der Waals surface area contributed by atoms with Gasteiger partial charge in [-0.05, 0) is 53.9 Å². The van der Waals surface area contributed by atoms with Crippen LogP contribution in [0.4, 0.5) is 18.9 Å². The van der Waals surface area contributed by atoms with Gasteiger partial charge < -0.3 is 10.2 Å². The lowest BCUT2D eigenvalue weighted by Gasteiger charge is -2.34. The molecule has 0 saturated carbocycles. The molecule has 7 nitrogen and oxygen atoms in total. The summed E-state index contributed by atoms with van der Waals surface area (Å²) in [5.41, 5.74) is 0.601. The predicted octanol–water partition coefficient (Wildman–Crippen LogP) is 6.25. The highest BCUT2D eigenvalue weighted by atomic mass is 35.5. The molecule has 1 atom stereocenters. The summed E-state index contributed by atoms with van der Waals surface area (Å²) in [6, 6.07) is 24.8. The van der Waals surface area contributed by atoms with E-state index in [2.05, 4.69) is 5.32 Å². The summed E-state index contributed by atoms with van der Waals surface area (Å²) in [6.45, 7) is 0.872. The van der Waals surface area contributed by atoms with Crippen LogP contribution >= 0.6 is 11.6 Å². The van der Waals surface area contributed by atoms with E-state index in [0.717, 1.165) is 23.3 Å². The number of hydrogen-bond acceptors (Lipinski definition) is 4. The highest BCUT2D eigenvalue weighted by Gasteiger charge is 2.37. The van der Waals surface area contributed by atoms with Crippen LogP contribution in [0.5, 0.6) is 0 Å².